The van der Waals surface area contributed by atoms with E-state index in [1.165, 1.54) is 100 Å². The molecule has 2 aliphatic heterocycles. The largest absolute Gasteiger partial charge is 0.479 e. The molecule has 2 fully saturated rings. The van der Waals surface area contributed by atoms with E-state index in [9.17, 15) is 19.2 Å². The molecule has 4 aromatic carbocycles. The number of amides is 1. The van der Waals surface area contributed by atoms with Crippen LogP contribution >= 0.6 is 34.9 Å². The molecule has 1 amide bonds. The van der Waals surface area contributed by atoms with E-state index >= 15 is 0 Å². The summed E-state index contributed by atoms with van der Waals surface area (Å²) in [6.45, 7) is 20.2. The number of thiophene rings is 1. The van der Waals surface area contributed by atoms with Crippen LogP contribution in [-0.2, 0) is 24.8 Å². The second-order valence-electron chi connectivity index (χ2n) is 24.6. The normalized spacial score (nSPS) is 15.5. The lowest BCUT2D eigenvalue weighted by molar-refractivity contribution is -0.146. The fourth-order valence-electron chi connectivity index (χ4n) is 12.6. The van der Waals surface area contributed by atoms with Crippen molar-refractivity contribution in [3.05, 3.63) is 112 Å². The molecule has 2 aliphatic rings. The molecule has 2 saturated heterocycles. The number of allylic oxidation sites excluding steroid dienone is 1. The van der Waals surface area contributed by atoms with Crippen LogP contribution in [0.3, 0.4) is 0 Å². The highest BCUT2D eigenvalue weighted by Gasteiger charge is 2.36. The van der Waals surface area contributed by atoms with Crippen molar-refractivity contribution in [1.82, 2.24) is 14.5 Å². The van der Waals surface area contributed by atoms with Crippen LogP contribution in [0, 0.1) is 0 Å². The van der Waals surface area contributed by atoms with E-state index in [1.54, 1.807) is 14.2 Å². The van der Waals surface area contributed by atoms with E-state index in [0.29, 0.717) is 58.1 Å². The molecular formula is C74H105ClN6O8S2. The van der Waals surface area contributed by atoms with Crippen molar-refractivity contribution in [3.63, 3.8) is 0 Å². The molecule has 0 bridgehead atoms. The van der Waals surface area contributed by atoms with Crippen LogP contribution in [0.25, 0.3) is 21.2 Å². The van der Waals surface area contributed by atoms with E-state index in [0.717, 1.165) is 129 Å². The van der Waals surface area contributed by atoms with E-state index in [-0.39, 0.29) is 29.8 Å². The van der Waals surface area contributed by atoms with Crippen molar-refractivity contribution >= 4 is 93.9 Å². The zero-order valence-corrected chi connectivity index (χ0v) is 58.2. The minimum atomic E-state index is -0.475. The van der Waals surface area contributed by atoms with Gasteiger partial charge in [0.1, 0.15) is 34.1 Å². The Morgan fingerprint density at radius 1 is 0.835 bits per heavy atom. The summed E-state index contributed by atoms with van der Waals surface area (Å²) >= 11 is 10.0. The summed E-state index contributed by atoms with van der Waals surface area (Å²) in [7, 11) is 5.37. The Morgan fingerprint density at radius 3 is 2.11 bits per heavy atom. The minimum absolute atomic E-state index is 0.0727. The summed E-state index contributed by atoms with van der Waals surface area (Å²) < 4.78 is 25.5. The molecule has 5 aromatic rings. The fraction of sp³-hybridized carbons (Fsp3) is 0.554. The molecule has 498 valence electrons. The number of rotatable bonds is 41. The van der Waals surface area contributed by atoms with Gasteiger partial charge in [-0.25, -0.2) is 9.10 Å². The molecule has 2 unspecified atom stereocenters. The number of piperidine rings is 2. The molecular weight excluding hydrogens is 1200 g/mol. The van der Waals surface area contributed by atoms with Gasteiger partial charge in [-0.1, -0.05) is 176 Å². The predicted octanol–water partition coefficient (Wildman–Crippen LogP) is 18.3. The molecule has 91 heavy (non-hydrogen) atoms. The monoisotopic (exact) mass is 1300 g/mol. The molecule has 17 heteroatoms. The van der Waals surface area contributed by atoms with Gasteiger partial charge in [-0.05, 0) is 130 Å². The van der Waals surface area contributed by atoms with Crippen LogP contribution in [0.2, 0.25) is 5.02 Å². The Bertz CT molecular complexity index is 3060. The zero-order valence-electron chi connectivity index (χ0n) is 55.8. The predicted molar refractivity (Wildman–Crippen MR) is 382 cm³/mol. The Kier molecular flexibility index (Phi) is 33.0. The number of ether oxygens (including phenoxy) is 4. The van der Waals surface area contributed by atoms with Crippen LogP contribution < -0.4 is 25.0 Å². The number of esters is 1. The average Bonchev–Trinajstić information content (AvgIpc) is 2.61. The molecule has 0 spiro atoms. The number of aliphatic imine (C=N–C) groups is 1. The van der Waals surface area contributed by atoms with E-state index in [2.05, 4.69) is 94.4 Å². The molecule has 2 N–H and O–H groups in total. The first-order valence-corrected chi connectivity index (χ1v) is 35.8. The van der Waals surface area contributed by atoms with Crippen LogP contribution in [0.15, 0.2) is 90.4 Å². The summed E-state index contributed by atoms with van der Waals surface area (Å²) in [6.07, 6.45) is 28.6. The quantitative estimate of drug-likeness (QED) is 0.00955. The van der Waals surface area contributed by atoms with Gasteiger partial charge in [-0.2, -0.15) is 0 Å². The Labute approximate surface area is 558 Å². The third-order valence-electron chi connectivity index (χ3n) is 17.6. The second-order valence-corrected chi connectivity index (χ2v) is 27.0. The van der Waals surface area contributed by atoms with Gasteiger partial charge in [0, 0.05) is 87.1 Å². The van der Waals surface area contributed by atoms with Gasteiger partial charge in [0.25, 0.3) is 0 Å². The standard InChI is InChI=1S/C72H99ClN6O8S2.C2H6/c1-8-9-32-63(71(83)75-5)77(6)62-36-34-59(60-31-27-29-56(48-80)67(60)62)54-37-40-78(41-38-54)52-87-64-45-53(33-35-61(64)74-4)51-88-79-42-39-58(47-72(79,2)3)76-57-30-26-28-55(46-57)70-68(73)69(65(49-81)89-70)86-50-66(82)85-44-25-23-21-19-17-15-13-11-10-12-14-16-18-20-22-24-43-84-7;1-2/h8,26-31,33-36,45-46,48-49,54,58,63,76H,1,4,9-25,32,37-44,47,50-52H2,2-3,5-7H3,(H,75,83);1-2H3. The number of likely N-dealkylation sites (tertiary alicyclic amines) is 1. The van der Waals surface area contributed by atoms with E-state index < -0.39 is 12.0 Å². The van der Waals surface area contributed by atoms with Gasteiger partial charge in [-0.15, -0.1) is 17.9 Å². The van der Waals surface area contributed by atoms with Crippen molar-refractivity contribution in [2.24, 2.45) is 4.99 Å². The van der Waals surface area contributed by atoms with Crippen molar-refractivity contribution < 1.29 is 38.1 Å². The van der Waals surface area contributed by atoms with Crippen LogP contribution in [0.4, 0.5) is 17.1 Å². The van der Waals surface area contributed by atoms with E-state index in [1.807, 2.05) is 74.2 Å². The van der Waals surface area contributed by atoms with Crippen LogP contribution in [-0.4, -0.2) is 125 Å². The Morgan fingerprint density at radius 2 is 1.49 bits per heavy atom. The molecule has 1 aromatic heterocycles. The van der Waals surface area contributed by atoms with Crippen molar-refractivity contribution in [2.75, 3.05) is 77.6 Å². The third-order valence-corrected chi connectivity index (χ3v) is 20.7. The average molecular weight is 1310 g/mol. The number of unbranched alkanes of at least 4 members (excludes halogenated alkanes) is 15. The van der Waals surface area contributed by atoms with Gasteiger partial charge >= 0.3 is 5.97 Å². The number of aldehydes is 2. The number of benzene rings is 4. The van der Waals surface area contributed by atoms with Gasteiger partial charge in [-0.3, -0.25) is 24.3 Å². The number of carbonyl (C=O) groups excluding carboxylic acids is 4. The third kappa shape index (κ3) is 22.8. The number of nitrogens with zero attached hydrogens (tertiary/aromatic N) is 4. The number of anilines is 2. The van der Waals surface area contributed by atoms with Crippen LogP contribution in [0.1, 0.15) is 206 Å². The lowest BCUT2D eigenvalue weighted by atomic mass is 9.85. The second kappa shape index (κ2) is 40.4. The highest BCUT2D eigenvalue weighted by Crippen LogP contribution is 2.46. The summed E-state index contributed by atoms with van der Waals surface area (Å²) in [5.41, 5.74) is 6.26. The fourth-order valence-corrected chi connectivity index (χ4v) is 15.1. The molecule has 7 rings (SSSR count). The van der Waals surface area contributed by atoms with E-state index in [4.69, 9.17) is 30.5 Å². The molecule has 3 heterocycles. The van der Waals surface area contributed by atoms with Gasteiger partial charge < -0.3 is 34.5 Å². The minimum Gasteiger partial charge on any atom is -0.479 e. The molecule has 0 saturated carbocycles. The number of hydrogen-bond donors (Lipinski definition) is 2. The number of methoxy groups -OCH3 is 1. The zero-order chi connectivity index (χ0) is 65.4. The van der Waals surface area contributed by atoms with Crippen molar-refractivity contribution in [1.29, 1.82) is 0 Å². The first kappa shape index (κ1) is 74.3. The topological polar surface area (TPSA) is 151 Å². The molecule has 14 nitrogen and oxygen atoms in total. The van der Waals surface area contributed by atoms with Gasteiger partial charge in [0.05, 0.1) is 11.5 Å². The first-order valence-electron chi connectivity index (χ1n) is 33.7. The molecule has 0 radical (unpaired) electrons. The number of likely N-dealkylation sites (N-methyl/N-ethyl adjacent to an activating group) is 2. The maximum Gasteiger partial charge on any atom is 0.344 e. The summed E-state index contributed by atoms with van der Waals surface area (Å²) in [5.74, 6) is 1.44. The lowest BCUT2D eigenvalue weighted by Crippen LogP contribution is -2.49. The summed E-state index contributed by atoms with van der Waals surface area (Å²) in [6, 6.07) is 24.3. The van der Waals surface area contributed by atoms with Crippen molar-refractivity contribution in [3.8, 4) is 21.9 Å². The smallest absolute Gasteiger partial charge is 0.344 e. The number of carbonyl (C=O) groups is 4. The number of nitrogens with one attached hydrogen (secondary N) is 2. The summed E-state index contributed by atoms with van der Waals surface area (Å²) in [4.78, 5) is 60.2. The first-order chi connectivity index (χ1) is 44.3. The Balaban J connectivity index is 0.00000652. The van der Waals surface area contributed by atoms with Crippen molar-refractivity contribution in [2.45, 2.75) is 198 Å². The van der Waals surface area contributed by atoms with Gasteiger partial charge in [0.2, 0.25) is 5.91 Å². The molecule has 2 atom stereocenters. The highest BCUT2D eigenvalue weighted by molar-refractivity contribution is 7.96. The highest BCUT2D eigenvalue weighted by atomic mass is 35.5. The molecule has 0 aliphatic carbocycles. The van der Waals surface area contributed by atoms with Gasteiger partial charge in [0.15, 0.2) is 24.9 Å². The number of fused-ring (bicyclic) bond motifs is 1. The summed E-state index contributed by atoms with van der Waals surface area (Å²) in [5, 5.41) is 8.85. The number of halogens is 1. The SMILES string of the molecule is C=CCCC(C(=O)NC)N(C)c1ccc(C2CCN(COc3cc(CSN4CCC(Nc5cccc(-c6sc(C=O)c(OCC(=O)OCCCCCCCCCCCCCCCCCCOC)c6Cl)c5)CC4(C)C)ccc3N=C)CC2)c2cccc(C=O)c12.CC. The Hall–Kier alpha value is -5.75. The lowest BCUT2D eigenvalue weighted by Gasteiger charge is -2.45. The number of hydrogen-bond acceptors (Lipinski definition) is 15. The maximum atomic E-state index is 13.1. The van der Waals surface area contributed by atoms with Crippen LogP contribution in [0.5, 0.6) is 11.5 Å². The maximum absolute atomic E-state index is 13.1.